The molecule has 1 saturated heterocycles. The Morgan fingerprint density at radius 3 is 2.80 bits per heavy atom. The number of rotatable bonds is 6. The van der Waals surface area contributed by atoms with Crippen LogP contribution in [0.4, 0.5) is 5.95 Å². The van der Waals surface area contributed by atoms with Gasteiger partial charge >= 0.3 is 0 Å². The minimum Gasteiger partial charge on any atom is -0.475 e. The van der Waals surface area contributed by atoms with E-state index in [1.807, 2.05) is 13.8 Å². The number of likely N-dealkylation sites (tertiary alicyclic amines) is 1. The van der Waals surface area contributed by atoms with Crippen LogP contribution in [0.5, 0.6) is 5.88 Å². The molecule has 5 heteroatoms. The zero-order chi connectivity index (χ0) is 14.4. The van der Waals surface area contributed by atoms with E-state index in [9.17, 15) is 0 Å². The lowest BCUT2D eigenvalue weighted by molar-refractivity contribution is 0.198. The van der Waals surface area contributed by atoms with Crippen molar-refractivity contribution in [2.75, 3.05) is 31.5 Å². The summed E-state index contributed by atoms with van der Waals surface area (Å²) in [5, 5.41) is 3.34. The standard InChI is InChI=1S/C15H26N4O/c1-4-19-9-6-13(7-10-19)11-17-15-16-8-5-14(18-15)20-12(2)3/h5,8,12-13H,4,6-7,9-11H2,1-3H3,(H,16,17,18). The van der Waals surface area contributed by atoms with E-state index in [1.165, 1.54) is 25.9 Å². The fourth-order valence-corrected chi connectivity index (χ4v) is 2.48. The van der Waals surface area contributed by atoms with Crippen LogP contribution in [0.3, 0.4) is 0 Å². The molecule has 1 aliphatic heterocycles. The van der Waals surface area contributed by atoms with Crippen LogP contribution in [0.25, 0.3) is 0 Å². The largest absolute Gasteiger partial charge is 0.475 e. The summed E-state index contributed by atoms with van der Waals surface area (Å²) in [5.41, 5.74) is 0. The molecule has 0 atom stereocenters. The van der Waals surface area contributed by atoms with Gasteiger partial charge in [-0.05, 0) is 52.2 Å². The second-order valence-electron chi connectivity index (χ2n) is 5.64. The number of aromatic nitrogens is 2. The van der Waals surface area contributed by atoms with Gasteiger partial charge in [0.1, 0.15) is 0 Å². The van der Waals surface area contributed by atoms with E-state index in [0.717, 1.165) is 19.0 Å². The third-order valence-electron chi connectivity index (χ3n) is 3.69. The number of ether oxygens (including phenoxy) is 1. The van der Waals surface area contributed by atoms with E-state index in [0.29, 0.717) is 11.8 Å². The number of piperidine rings is 1. The second-order valence-corrected chi connectivity index (χ2v) is 5.64. The van der Waals surface area contributed by atoms with Gasteiger partial charge in [0, 0.05) is 18.8 Å². The van der Waals surface area contributed by atoms with Crippen LogP contribution in [0.15, 0.2) is 12.3 Å². The lowest BCUT2D eigenvalue weighted by atomic mass is 9.97. The highest BCUT2D eigenvalue weighted by Crippen LogP contribution is 2.17. The van der Waals surface area contributed by atoms with Crippen LogP contribution in [0.1, 0.15) is 33.6 Å². The maximum atomic E-state index is 5.58. The van der Waals surface area contributed by atoms with Crippen LogP contribution in [-0.4, -0.2) is 47.2 Å². The summed E-state index contributed by atoms with van der Waals surface area (Å²) >= 11 is 0. The Balaban J connectivity index is 1.79. The predicted octanol–water partition coefficient (Wildman–Crippen LogP) is 2.41. The van der Waals surface area contributed by atoms with Crippen molar-refractivity contribution in [2.24, 2.45) is 5.92 Å². The fraction of sp³-hybridized carbons (Fsp3) is 0.733. The molecule has 5 nitrogen and oxygen atoms in total. The molecule has 1 fully saturated rings. The van der Waals surface area contributed by atoms with E-state index >= 15 is 0 Å². The Morgan fingerprint density at radius 1 is 1.40 bits per heavy atom. The first-order valence-corrected chi connectivity index (χ1v) is 7.63. The van der Waals surface area contributed by atoms with E-state index in [2.05, 4.69) is 27.1 Å². The smallest absolute Gasteiger partial charge is 0.225 e. The van der Waals surface area contributed by atoms with Gasteiger partial charge in [-0.15, -0.1) is 0 Å². The van der Waals surface area contributed by atoms with Crippen LogP contribution in [0.2, 0.25) is 0 Å². The van der Waals surface area contributed by atoms with Crippen LogP contribution in [-0.2, 0) is 0 Å². The third kappa shape index (κ3) is 4.63. The van der Waals surface area contributed by atoms with Gasteiger partial charge in [0.05, 0.1) is 6.10 Å². The van der Waals surface area contributed by atoms with Gasteiger partial charge in [0.25, 0.3) is 0 Å². The molecule has 1 aliphatic rings. The molecule has 0 spiro atoms. The van der Waals surface area contributed by atoms with Crippen molar-refractivity contribution >= 4 is 5.95 Å². The van der Waals surface area contributed by atoms with Crippen LogP contribution < -0.4 is 10.1 Å². The summed E-state index contributed by atoms with van der Waals surface area (Å²) in [5.74, 6) is 2.02. The molecule has 20 heavy (non-hydrogen) atoms. The first-order valence-electron chi connectivity index (χ1n) is 7.63. The SMILES string of the molecule is CCN1CCC(CNc2nccc(OC(C)C)n2)CC1. The van der Waals surface area contributed by atoms with Gasteiger partial charge in [-0.1, -0.05) is 6.92 Å². The molecule has 1 aromatic heterocycles. The molecule has 0 aliphatic carbocycles. The van der Waals surface area contributed by atoms with Crippen LogP contribution in [0, 0.1) is 5.92 Å². The topological polar surface area (TPSA) is 50.3 Å². The van der Waals surface area contributed by atoms with Crippen molar-refractivity contribution < 1.29 is 4.74 Å². The van der Waals surface area contributed by atoms with Gasteiger partial charge in [-0.25, -0.2) is 4.98 Å². The van der Waals surface area contributed by atoms with Crippen LogP contribution >= 0.6 is 0 Å². The van der Waals surface area contributed by atoms with Crippen molar-refractivity contribution in [3.63, 3.8) is 0 Å². The summed E-state index contributed by atoms with van der Waals surface area (Å²) in [6.07, 6.45) is 4.38. The Hall–Kier alpha value is -1.36. The van der Waals surface area contributed by atoms with Gasteiger partial charge in [-0.2, -0.15) is 4.98 Å². The molecular formula is C15H26N4O. The lowest BCUT2D eigenvalue weighted by Gasteiger charge is -2.31. The van der Waals surface area contributed by atoms with Gasteiger partial charge in [0.2, 0.25) is 11.8 Å². The van der Waals surface area contributed by atoms with Gasteiger partial charge < -0.3 is 15.0 Å². The maximum Gasteiger partial charge on any atom is 0.225 e. The molecule has 2 rings (SSSR count). The molecule has 0 aromatic carbocycles. The van der Waals surface area contributed by atoms with Crippen molar-refractivity contribution in [1.29, 1.82) is 0 Å². The first kappa shape index (κ1) is 15.0. The molecule has 1 aromatic rings. The quantitative estimate of drug-likeness (QED) is 0.866. The van der Waals surface area contributed by atoms with Gasteiger partial charge in [0.15, 0.2) is 0 Å². The summed E-state index contributed by atoms with van der Waals surface area (Å²) in [7, 11) is 0. The Bertz CT molecular complexity index is 403. The van der Waals surface area contributed by atoms with E-state index < -0.39 is 0 Å². The molecule has 112 valence electrons. The Kier molecular flexibility index (Phi) is 5.59. The molecule has 2 heterocycles. The highest BCUT2D eigenvalue weighted by molar-refractivity contribution is 5.27. The number of nitrogens with one attached hydrogen (secondary N) is 1. The zero-order valence-electron chi connectivity index (χ0n) is 12.8. The predicted molar refractivity (Wildman–Crippen MR) is 81.1 cm³/mol. The summed E-state index contributed by atoms with van der Waals surface area (Å²) in [6.45, 7) is 10.8. The Morgan fingerprint density at radius 2 is 2.15 bits per heavy atom. The normalized spacial score (nSPS) is 17.4. The minimum atomic E-state index is 0.135. The molecular weight excluding hydrogens is 252 g/mol. The lowest BCUT2D eigenvalue weighted by Crippen LogP contribution is -2.35. The number of hydrogen-bond acceptors (Lipinski definition) is 5. The molecule has 0 saturated carbocycles. The molecule has 0 radical (unpaired) electrons. The summed E-state index contributed by atoms with van der Waals surface area (Å²) < 4.78 is 5.58. The van der Waals surface area contributed by atoms with Crippen molar-refractivity contribution in [3.8, 4) is 5.88 Å². The second kappa shape index (κ2) is 7.43. The number of anilines is 1. The zero-order valence-corrected chi connectivity index (χ0v) is 12.8. The van der Waals surface area contributed by atoms with Crippen molar-refractivity contribution in [2.45, 2.75) is 39.7 Å². The average Bonchev–Trinajstić information content (AvgIpc) is 2.45. The van der Waals surface area contributed by atoms with Crippen molar-refractivity contribution in [3.05, 3.63) is 12.3 Å². The molecule has 1 N–H and O–H groups in total. The van der Waals surface area contributed by atoms with E-state index in [-0.39, 0.29) is 6.10 Å². The average molecular weight is 278 g/mol. The first-order chi connectivity index (χ1) is 9.67. The van der Waals surface area contributed by atoms with E-state index in [1.54, 1.807) is 12.3 Å². The molecule has 0 amide bonds. The molecule has 0 bridgehead atoms. The van der Waals surface area contributed by atoms with E-state index in [4.69, 9.17) is 4.74 Å². The van der Waals surface area contributed by atoms with Gasteiger partial charge in [-0.3, -0.25) is 0 Å². The fourth-order valence-electron chi connectivity index (χ4n) is 2.48. The summed E-state index contributed by atoms with van der Waals surface area (Å²) in [4.78, 5) is 11.1. The highest BCUT2D eigenvalue weighted by Gasteiger charge is 2.18. The molecule has 0 unspecified atom stereocenters. The number of nitrogens with zero attached hydrogens (tertiary/aromatic N) is 3. The Labute approximate surface area is 121 Å². The van der Waals surface area contributed by atoms with Crippen molar-refractivity contribution in [1.82, 2.24) is 14.9 Å². The maximum absolute atomic E-state index is 5.58. The monoisotopic (exact) mass is 278 g/mol. The summed E-state index contributed by atoms with van der Waals surface area (Å²) in [6, 6.07) is 1.80. The highest BCUT2D eigenvalue weighted by atomic mass is 16.5. The number of hydrogen-bond donors (Lipinski definition) is 1. The minimum absolute atomic E-state index is 0.135. The third-order valence-corrected chi connectivity index (χ3v) is 3.69.